The van der Waals surface area contributed by atoms with Crippen molar-refractivity contribution in [3.63, 3.8) is 0 Å². The number of carbonyl (C=O) groups is 1. The Hall–Kier alpha value is -0.760. The van der Waals surface area contributed by atoms with Gasteiger partial charge in [0.2, 0.25) is 5.12 Å². The van der Waals surface area contributed by atoms with Crippen molar-refractivity contribution in [2.24, 2.45) is 5.92 Å². The standard InChI is InChI=1S/C11H14OS/c1-8(2)7-9-5-3-4-6-10(9)11(12)13/h3-6,8H,7H2,1-2H3,(H,12,13). The molecule has 0 spiro atoms. The second-order valence-corrected chi connectivity index (χ2v) is 3.97. The van der Waals surface area contributed by atoms with E-state index < -0.39 is 0 Å². The fraction of sp³-hybridized carbons (Fsp3) is 0.364. The van der Waals surface area contributed by atoms with Crippen LogP contribution >= 0.6 is 12.6 Å². The van der Waals surface area contributed by atoms with Gasteiger partial charge in [0.05, 0.1) is 0 Å². The van der Waals surface area contributed by atoms with Gasteiger partial charge in [0.25, 0.3) is 0 Å². The summed E-state index contributed by atoms with van der Waals surface area (Å²) in [5, 5.41) is -0.142. The van der Waals surface area contributed by atoms with Crippen LogP contribution < -0.4 is 0 Å². The van der Waals surface area contributed by atoms with Gasteiger partial charge >= 0.3 is 0 Å². The molecule has 0 bridgehead atoms. The molecule has 0 amide bonds. The molecule has 0 N–H and O–H groups in total. The topological polar surface area (TPSA) is 17.1 Å². The Labute approximate surface area is 84.6 Å². The smallest absolute Gasteiger partial charge is 0.216 e. The highest BCUT2D eigenvalue weighted by Crippen LogP contribution is 2.15. The Morgan fingerprint density at radius 3 is 2.54 bits per heavy atom. The van der Waals surface area contributed by atoms with Crippen molar-refractivity contribution in [2.45, 2.75) is 20.3 Å². The van der Waals surface area contributed by atoms with E-state index in [1.807, 2.05) is 24.3 Å². The summed E-state index contributed by atoms with van der Waals surface area (Å²) < 4.78 is 0. The molecule has 0 saturated carbocycles. The van der Waals surface area contributed by atoms with Crippen LogP contribution in [0, 0.1) is 5.92 Å². The summed E-state index contributed by atoms with van der Waals surface area (Å²) in [4.78, 5) is 11.1. The number of benzene rings is 1. The van der Waals surface area contributed by atoms with E-state index in [0.29, 0.717) is 5.92 Å². The molecule has 2 heteroatoms. The summed E-state index contributed by atoms with van der Waals surface area (Å²) in [6.45, 7) is 4.28. The van der Waals surface area contributed by atoms with E-state index in [-0.39, 0.29) is 5.12 Å². The molecule has 0 aliphatic rings. The summed E-state index contributed by atoms with van der Waals surface area (Å²) in [5.74, 6) is 0.564. The minimum atomic E-state index is -0.142. The molecular formula is C11H14OS. The van der Waals surface area contributed by atoms with Gasteiger partial charge in [-0.2, -0.15) is 0 Å². The highest BCUT2D eigenvalue weighted by Gasteiger charge is 2.07. The molecular weight excluding hydrogens is 180 g/mol. The van der Waals surface area contributed by atoms with Crippen LogP contribution in [-0.4, -0.2) is 5.12 Å². The Morgan fingerprint density at radius 1 is 1.38 bits per heavy atom. The van der Waals surface area contributed by atoms with Gasteiger partial charge in [0, 0.05) is 5.56 Å². The van der Waals surface area contributed by atoms with Crippen molar-refractivity contribution >= 4 is 17.7 Å². The zero-order valence-corrected chi connectivity index (χ0v) is 8.84. The molecule has 1 nitrogen and oxygen atoms in total. The number of hydrogen-bond acceptors (Lipinski definition) is 1. The minimum absolute atomic E-state index is 0.142. The molecule has 0 fully saturated rings. The highest BCUT2D eigenvalue weighted by molar-refractivity contribution is 7.97. The second-order valence-electron chi connectivity index (χ2n) is 3.56. The van der Waals surface area contributed by atoms with Gasteiger partial charge in [-0.1, -0.05) is 38.1 Å². The van der Waals surface area contributed by atoms with Crippen LogP contribution in [-0.2, 0) is 6.42 Å². The second kappa shape index (κ2) is 4.47. The summed E-state index contributed by atoms with van der Waals surface area (Å²) in [6.07, 6.45) is 0.933. The largest absolute Gasteiger partial charge is 0.282 e. The van der Waals surface area contributed by atoms with Gasteiger partial charge in [-0.3, -0.25) is 4.79 Å². The first-order valence-electron chi connectivity index (χ1n) is 4.42. The Morgan fingerprint density at radius 2 is 2.00 bits per heavy atom. The predicted octanol–water partition coefficient (Wildman–Crippen LogP) is 2.96. The van der Waals surface area contributed by atoms with Gasteiger partial charge in [-0.25, -0.2) is 0 Å². The summed E-state index contributed by atoms with van der Waals surface area (Å²) >= 11 is 3.84. The van der Waals surface area contributed by atoms with Crippen molar-refractivity contribution in [3.05, 3.63) is 35.4 Å². The molecule has 70 valence electrons. The van der Waals surface area contributed by atoms with Crippen LogP contribution in [0.25, 0.3) is 0 Å². The lowest BCUT2D eigenvalue weighted by molar-refractivity contribution is 0.109. The van der Waals surface area contributed by atoms with Crippen molar-refractivity contribution < 1.29 is 4.79 Å². The summed E-state index contributed by atoms with van der Waals surface area (Å²) in [7, 11) is 0. The lowest BCUT2D eigenvalue weighted by Crippen LogP contribution is -2.01. The fourth-order valence-corrected chi connectivity index (χ4v) is 1.56. The number of thiol groups is 1. The third kappa shape index (κ3) is 2.88. The van der Waals surface area contributed by atoms with Gasteiger partial charge in [-0.05, 0) is 17.9 Å². The normalized spacial score (nSPS) is 10.5. The first kappa shape index (κ1) is 10.3. The SMILES string of the molecule is CC(C)Cc1ccccc1C(=O)S. The van der Waals surface area contributed by atoms with Gasteiger partial charge in [0.15, 0.2) is 0 Å². The first-order chi connectivity index (χ1) is 6.11. The molecule has 0 aromatic heterocycles. The maximum atomic E-state index is 11.1. The summed E-state index contributed by atoms with van der Waals surface area (Å²) in [5.41, 5.74) is 1.83. The van der Waals surface area contributed by atoms with Gasteiger partial charge < -0.3 is 0 Å². The zero-order valence-electron chi connectivity index (χ0n) is 7.95. The molecule has 0 atom stereocenters. The highest BCUT2D eigenvalue weighted by atomic mass is 32.1. The van der Waals surface area contributed by atoms with Gasteiger partial charge in [-0.15, -0.1) is 12.6 Å². The summed E-state index contributed by atoms with van der Waals surface area (Å²) in [6, 6.07) is 7.64. The molecule has 0 unspecified atom stereocenters. The fourth-order valence-electron chi connectivity index (χ4n) is 1.35. The van der Waals surface area contributed by atoms with E-state index in [1.165, 1.54) is 0 Å². The molecule has 13 heavy (non-hydrogen) atoms. The monoisotopic (exact) mass is 194 g/mol. The molecule has 0 heterocycles. The molecule has 0 radical (unpaired) electrons. The number of carbonyl (C=O) groups excluding carboxylic acids is 1. The lowest BCUT2D eigenvalue weighted by Gasteiger charge is -2.08. The molecule has 1 rings (SSSR count). The lowest BCUT2D eigenvalue weighted by atomic mass is 9.99. The molecule has 0 aliphatic heterocycles. The number of rotatable bonds is 3. The number of hydrogen-bond donors (Lipinski definition) is 1. The predicted molar refractivity (Wildman–Crippen MR) is 58.3 cm³/mol. The van der Waals surface area contributed by atoms with E-state index >= 15 is 0 Å². The van der Waals surface area contributed by atoms with Crippen molar-refractivity contribution in [1.82, 2.24) is 0 Å². The zero-order chi connectivity index (χ0) is 9.84. The quantitative estimate of drug-likeness (QED) is 0.732. The Bertz CT molecular complexity index is 305. The van der Waals surface area contributed by atoms with Crippen LogP contribution in [0.1, 0.15) is 29.8 Å². The van der Waals surface area contributed by atoms with E-state index in [1.54, 1.807) is 0 Å². The third-order valence-corrected chi connectivity index (χ3v) is 2.12. The minimum Gasteiger partial charge on any atom is -0.282 e. The Balaban J connectivity index is 2.98. The Kier molecular flexibility index (Phi) is 3.55. The molecule has 1 aromatic carbocycles. The molecule has 1 aromatic rings. The van der Waals surface area contributed by atoms with Crippen LogP contribution in [0.5, 0.6) is 0 Å². The average molecular weight is 194 g/mol. The van der Waals surface area contributed by atoms with Crippen LogP contribution in [0.3, 0.4) is 0 Å². The first-order valence-corrected chi connectivity index (χ1v) is 4.87. The maximum absolute atomic E-state index is 11.1. The van der Waals surface area contributed by atoms with Crippen molar-refractivity contribution in [3.8, 4) is 0 Å². The van der Waals surface area contributed by atoms with Crippen LogP contribution in [0.4, 0.5) is 0 Å². The van der Waals surface area contributed by atoms with Crippen molar-refractivity contribution in [2.75, 3.05) is 0 Å². The van der Waals surface area contributed by atoms with E-state index in [9.17, 15) is 4.79 Å². The van der Waals surface area contributed by atoms with Crippen LogP contribution in [0.2, 0.25) is 0 Å². The third-order valence-electron chi connectivity index (χ3n) is 1.88. The molecule has 0 aliphatic carbocycles. The van der Waals surface area contributed by atoms with Crippen LogP contribution in [0.15, 0.2) is 24.3 Å². The van der Waals surface area contributed by atoms with E-state index in [0.717, 1.165) is 17.5 Å². The van der Waals surface area contributed by atoms with E-state index in [4.69, 9.17) is 0 Å². The molecule has 0 saturated heterocycles. The maximum Gasteiger partial charge on any atom is 0.216 e. The van der Waals surface area contributed by atoms with E-state index in [2.05, 4.69) is 26.5 Å². The average Bonchev–Trinajstić information content (AvgIpc) is 2.03. The van der Waals surface area contributed by atoms with Gasteiger partial charge in [0.1, 0.15) is 0 Å². The van der Waals surface area contributed by atoms with Crippen molar-refractivity contribution in [1.29, 1.82) is 0 Å².